The second-order valence-electron chi connectivity index (χ2n) is 11.0. The number of carbonyl (C=O) groups is 1. The molecule has 1 saturated heterocycles. The maximum atomic E-state index is 13.7. The number of hydrogen-bond acceptors (Lipinski definition) is 7. The largest absolute Gasteiger partial charge is 0.339 e. The minimum absolute atomic E-state index is 0.0826. The third kappa shape index (κ3) is 5.86. The number of unbranched alkanes of at least 4 members (excludes halogenated alkanes) is 2. The van der Waals surface area contributed by atoms with E-state index in [-0.39, 0.29) is 6.03 Å². The van der Waals surface area contributed by atoms with Crippen molar-refractivity contribution in [3.8, 4) is 11.5 Å². The highest BCUT2D eigenvalue weighted by atomic mass is 16.5. The molecule has 2 aromatic heterocycles. The highest BCUT2D eigenvalue weighted by Gasteiger charge is 2.30. The van der Waals surface area contributed by atoms with E-state index >= 15 is 0 Å². The molecule has 6 rings (SSSR count). The van der Waals surface area contributed by atoms with Crippen LogP contribution in [0.15, 0.2) is 33.3 Å². The van der Waals surface area contributed by atoms with Gasteiger partial charge >= 0.3 is 6.03 Å². The molecule has 0 unspecified atom stereocenters. The number of amides is 2. The normalized spacial score (nSPS) is 18.4. The van der Waals surface area contributed by atoms with Crippen molar-refractivity contribution in [3.63, 3.8) is 0 Å². The molecule has 2 aliphatic carbocycles. The van der Waals surface area contributed by atoms with Crippen molar-refractivity contribution in [2.75, 3.05) is 24.5 Å². The van der Waals surface area contributed by atoms with Crippen LogP contribution in [0.5, 0.6) is 0 Å². The van der Waals surface area contributed by atoms with Gasteiger partial charge in [-0.25, -0.2) is 4.79 Å². The van der Waals surface area contributed by atoms with Gasteiger partial charge in [0.1, 0.15) is 0 Å². The zero-order valence-corrected chi connectivity index (χ0v) is 21.6. The van der Waals surface area contributed by atoms with Gasteiger partial charge in [0.25, 0.3) is 5.89 Å². The number of nitrogens with zero attached hydrogens (tertiary/aromatic N) is 6. The molecule has 0 spiro atoms. The highest BCUT2D eigenvalue weighted by molar-refractivity contribution is 5.92. The third-order valence-corrected chi connectivity index (χ3v) is 7.77. The molecule has 2 amide bonds. The van der Waals surface area contributed by atoms with E-state index in [4.69, 9.17) is 9.05 Å². The van der Waals surface area contributed by atoms with Gasteiger partial charge in [0.2, 0.25) is 5.89 Å². The molecule has 0 atom stereocenters. The van der Waals surface area contributed by atoms with E-state index in [0.29, 0.717) is 30.2 Å². The topological polar surface area (TPSA) is 101 Å². The maximum absolute atomic E-state index is 13.7. The van der Waals surface area contributed by atoms with Gasteiger partial charge in [0.05, 0.1) is 0 Å². The van der Waals surface area contributed by atoms with E-state index in [1.165, 1.54) is 12.8 Å². The van der Waals surface area contributed by atoms with Crippen molar-refractivity contribution in [1.82, 2.24) is 25.2 Å². The average Bonchev–Trinajstić information content (AvgIpc) is 3.86. The average molecular weight is 505 g/mol. The summed E-state index contributed by atoms with van der Waals surface area (Å²) in [5, 5.41) is 8.27. The van der Waals surface area contributed by atoms with Gasteiger partial charge in [-0.1, -0.05) is 29.7 Å². The Kier molecular flexibility index (Phi) is 6.93. The van der Waals surface area contributed by atoms with Crippen LogP contribution in [-0.2, 0) is 6.42 Å². The van der Waals surface area contributed by atoms with Crippen molar-refractivity contribution in [2.24, 2.45) is 5.92 Å². The number of likely N-dealkylation sites (tertiary alicyclic amines) is 1. The number of rotatable bonds is 10. The Hall–Kier alpha value is -3.23. The summed E-state index contributed by atoms with van der Waals surface area (Å²) in [6, 6.07) is 8.03. The molecule has 196 valence electrons. The smallest absolute Gasteiger partial charge is 0.324 e. The van der Waals surface area contributed by atoms with E-state index in [1.54, 1.807) is 0 Å². The van der Waals surface area contributed by atoms with E-state index in [9.17, 15) is 4.79 Å². The summed E-state index contributed by atoms with van der Waals surface area (Å²) >= 11 is 0. The Morgan fingerprint density at radius 3 is 2.43 bits per heavy atom. The van der Waals surface area contributed by atoms with Crippen molar-refractivity contribution in [3.05, 3.63) is 41.8 Å². The zero-order chi connectivity index (χ0) is 25.2. The maximum Gasteiger partial charge on any atom is 0.324 e. The van der Waals surface area contributed by atoms with Crippen LogP contribution in [0.1, 0.15) is 94.1 Å². The summed E-state index contributed by atoms with van der Waals surface area (Å²) in [4.78, 5) is 26.7. The molecular weight excluding hydrogens is 468 g/mol. The lowest BCUT2D eigenvalue weighted by Gasteiger charge is -2.35. The number of aryl methyl sites for hydroxylation is 1. The van der Waals surface area contributed by atoms with Gasteiger partial charge < -0.3 is 13.9 Å². The summed E-state index contributed by atoms with van der Waals surface area (Å²) in [7, 11) is 0. The molecule has 0 N–H and O–H groups in total. The molecule has 9 heteroatoms. The minimum Gasteiger partial charge on any atom is -0.339 e. The van der Waals surface area contributed by atoms with E-state index < -0.39 is 0 Å². The summed E-state index contributed by atoms with van der Waals surface area (Å²) < 4.78 is 11.0. The first-order valence-electron chi connectivity index (χ1n) is 14.0. The third-order valence-electron chi connectivity index (χ3n) is 7.77. The molecule has 1 aromatic carbocycles. The minimum atomic E-state index is 0.0826. The lowest BCUT2D eigenvalue weighted by atomic mass is 9.99. The van der Waals surface area contributed by atoms with Crippen LogP contribution in [-0.4, -0.2) is 50.8 Å². The second kappa shape index (κ2) is 10.6. The predicted octanol–water partition coefficient (Wildman–Crippen LogP) is 5.95. The van der Waals surface area contributed by atoms with Crippen LogP contribution in [0, 0.1) is 5.92 Å². The molecule has 1 aliphatic heterocycles. The lowest BCUT2D eigenvalue weighted by Crippen LogP contribution is -2.47. The number of aromatic nitrogens is 4. The number of carbonyl (C=O) groups excluding carboxylic acids is 1. The van der Waals surface area contributed by atoms with Crippen LogP contribution < -0.4 is 4.90 Å². The molecule has 3 fully saturated rings. The zero-order valence-electron chi connectivity index (χ0n) is 21.6. The Balaban J connectivity index is 1.11. The summed E-state index contributed by atoms with van der Waals surface area (Å²) in [6.07, 6.45) is 10.3. The number of hydrogen-bond donors (Lipinski definition) is 0. The van der Waals surface area contributed by atoms with Crippen LogP contribution in [0.3, 0.4) is 0 Å². The van der Waals surface area contributed by atoms with Gasteiger partial charge in [-0.15, -0.1) is 0 Å². The van der Waals surface area contributed by atoms with Gasteiger partial charge in [-0.3, -0.25) is 4.90 Å². The molecule has 9 nitrogen and oxygen atoms in total. The Morgan fingerprint density at radius 1 is 0.946 bits per heavy atom. The van der Waals surface area contributed by atoms with E-state index in [0.717, 1.165) is 93.2 Å². The fourth-order valence-electron chi connectivity index (χ4n) is 4.97. The second-order valence-corrected chi connectivity index (χ2v) is 11.0. The summed E-state index contributed by atoms with van der Waals surface area (Å²) in [5.41, 5.74) is 1.73. The van der Waals surface area contributed by atoms with Gasteiger partial charge in [0.15, 0.2) is 11.6 Å². The molecular formula is C28H36N6O3. The first kappa shape index (κ1) is 24.1. The van der Waals surface area contributed by atoms with Crippen LogP contribution in [0.25, 0.3) is 11.5 Å². The monoisotopic (exact) mass is 504 g/mol. The highest BCUT2D eigenvalue weighted by Crippen LogP contribution is 2.39. The van der Waals surface area contributed by atoms with Crippen LogP contribution >= 0.6 is 0 Å². The van der Waals surface area contributed by atoms with Crippen molar-refractivity contribution >= 4 is 11.7 Å². The van der Waals surface area contributed by atoms with Crippen molar-refractivity contribution < 1.29 is 13.8 Å². The Labute approximate surface area is 217 Å². The lowest BCUT2D eigenvalue weighted by molar-refractivity contribution is 0.180. The first-order valence-corrected chi connectivity index (χ1v) is 14.0. The summed E-state index contributed by atoms with van der Waals surface area (Å²) in [5.74, 6) is 4.53. The van der Waals surface area contributed by atoms with E-state index in [2.05, 4.69) is 27.2 Å². The number of benzene rings is 1. The van der Waals surface area contributed by atoms with Gasteiger partial charge in [-0.05, 0) is 75.5 Å². The standard InChI is InChI=1S/C28H36N6O3/c1-19-13-16-33(17-14-19)28(35)34(15-4-2-3-8-24-29-25(31-36-24)20-9-10-20)23-7-5-6-22(18-23)27-30-26(32-37-27)21-11-12-21/h5-7,18-21H,2-4,8-17H2,1H3. The molecule has 3 heterocycles. The fourth-order valence-corrected chi connectivity index (χ4v) is 4.97. The molecule has 3 aromatic rings. The number of piperidine rings is 1. The summed E-state index contributed by atoms with van der Waals surface area (Å²) in [6.45, 7) is 4.54. The van der Waals surface area contributed by atoms with E-state index in [1.807, 2.05) is 34.1 Å². The SMILES string of the molecule is CC1CCN(C(=O)N(CCCCCc2nc(C3CC3)no2)c2cccc(-c3nc(C4CC4)no3)c2)CC1. The molecule has 3 aliphatic rings. The van der Waals surface area contributed by atoms with Gasteiger partial charge in [-0.2, -0.15) is 9.97 Å². The molecule has 0 radical (unpaired) electrons. The van der Waals surface area contributed by atoms with Crippen LogP contribution in [0.2, 0.25) is 0 Å². The first-order chi connectivity index (χ1) is 18.1. The van der Waals surface area contributed by atoms with Crippen molar-refractivity contribution in [2.45, 2.75) is 83.0 Å². The Bertz CT molecular complexity index is 1210. The fraction of sp³-hybridized carbons (Fsp3) is 0.607. The molecule has 37 heavy (non-hydrogen) atoms. The predicted molar refractivity (Wildman–Crippen MR) is 138 cm³/mol. The van der Waals surface area contributed by atoms with Crippen LogP contribution in [0.4, 0.5) is 10.5 Å². The molecule has 2 saturated carbocycles. The number of urea groups is 1. The van der Waals surface area contributed by atoms with Gasteiger partial charge in [0, 0.05) is 49.1 Å². The quantitative estimate of drug-likeness (QED) is 0.315. The molecule has 0 bridgehead atoms. The Morgan fingerprint density at radius 2 is 1.68 bits per heavy atom. The number of anilines is 1. The van der Waals surface area contributed by atoms with Crippen molar-refractivity contribution in [1.29, 1.82) is 0 Å².